The third kappa shape index (κ3) is 5.52. The first-order valence-corrected chi connectivity index (χ1v) is 9.78. The van der Waals surface area contributed by atoms with Crippen LogP contribution in [0.5, 0.6) is 0 Å². The number of hydrogen-bond donors (Lipinski definition) is 1. The molecule has 1 saturated heterocycles. The Bertz CT molecular complexity index is 593. The van der Waals surface area contributed by atoms with Crippen molar-refractivity contribution < 1.29 is 12.9 Å². The van der Waals surface area contributed by atoms with Gasteiger partial charge in [-0.15, -0.1) is 0 Å². The molecule has 1 atom stereocenters. The van der Waals surface area contributed by atoms with E-state index in [9.17, 15) is 8.42 Å². The normalized spacial score (nSPS) is 19.3. The molecular weight excluding hydrogens is 318 g/mol. The van der Waals surface area contributed by atoms with Gasteiger partial charge >= 0.3 is 0 Å². The quantitative estimate of drug-likeness (QED) is 0.769. The standard InChI is InChI=1S/C14H27N5O3S/c1-11(2)13-16-14(22-17-13)12(3)19-8-6-18(7-9-19)5-4-10-23(15,20)21/h11-12H,4-10H2,1-3H3,(H2,15,20,21)/t12-/m0/s1. The lowest BCUT2D eigenvalue weighted by molar-refractivity contribution is 0.0885. The molecule has 23 heavy (non-hydrogen) atoms. The minimum absolute atomic E-state index is 0.0452. The lowest BCUT2D eigenvalue weighted by atomic mass is 10.2. The molecule has 1 fully saturated rings. The summed E-state index contributed by atoms with van der Waals surface area (Å²) >= 11 is 0. The highest BCUT2D eigenvalue weighted by Crippen LogP contribution is 2.21. The van der Waals surface area contributed by atoms with Gasteiger partial charge in [0.15, 0.2) is 5.82 Å². The summed E-state index contributed by atoms with van der Waals surface area (Å²) in [5.41, 5.74) is 0. The van der Waals surface area contributed by atoms with E-state index in [0.29, 0.717) is 12.3 Å². The van der Waals surface area contributed by atoms with Crippen LogP contribution in [-0.2, 0) is 10.0 Å². The van der Waals surface area contributed by atoms with Gasteiger partial charge in [0.05, 0.1) is 11.8 Å². The molecule has 1 aromatic rings. The van der Waals surface area contributed by atoms with E-state index in [1.807, 2.05) is 13.8 Å². The molecule has 1 aliphatic rings. The number of nitrogens with zero attached hydrogens (tertiary/aromatic N) is 4. The molecule has 0 spiro atoms. The Kier molecular flexibility index (Phi) is 6.12. The fourth-order valence-corrected chi connectivity index (χ4v) is 3.20. The van der Waals surface area contributed by atoms with E-state index in [-0.39, 0.29) is 17.7 Å². The monoisotopic (exact) mass is 345 g/mol. The Hall–Kier alpha value is -1.03. The number of hydrogen-bond acceptors (Lipinski definition) is 7. The molecule has 8 nitrogen and oxygen atoms in total. The molecule has 132 valence electrons. The van der Waals surface area contributed by atoms with Crippen molar-refractivity contribution >= 4 is 10.0 Å². The summed E-state index contributed by atoms with van der Waals surface area (Å²) in [6.07, 6.45) is 0.579. The summed E-state index contributed by atoms with van der Waals surface area (Å²) in [5, 5.41) is 9.04. The van der Waals surface area contributed by atoms with Crippen LogP contribution in [0.3, 0.4) is 0 Å². The Morgan fingerprint density at radius 2 is 1.87 bits per heavy atom. The summed E-state index contributed by atoms with van der Waals surface area (Å²) in [6.45, 7) is 10.5. The molecule has 0 unspecified atom stereocenters. The number of aromatic nitrogens is 2. The third-order valence-electron chi connectivity index (χ3n) is 4.19. The lowest BCUT2D eigenvalue weighted by Gasteiger charge is -2.36. The van der Waals surface area contributed by atoms with Crippen LogP contribution >= 0.6 is 0 Å². The van der Waals surface area contributed by atoms with E-state index in [1.54, 1.807) is 0 Å². The van der Waals surface area contributed by atoms with E-state index < -0.39 is 10.0 Å². The van der Waals surface area contributed by atoms with Gasteiger partial charge in [-0.2, -0.15) is 4.98 Å². The summed E-state index contributed by atoms with van der Waals surface area (Å²) in [6, 6.07) is 0.0987. The molecule has 1 aliphatic heterocycles. The fraction of sp³-hybridized carbons (Fsp3) is 0.857. The topological polar surface area (TPSA) is 106 Å². The maximum Gasteiger partial charge on any atom is 0.243 e. The van der Waals surface area contributed by atoms with E-state index >= 15 is 0 Å². The second kappa shape index (κ2) is 7.69. The Morgan fingerprint density at radius 1 is 1.22 bits per heavy atom. The summed E-state index contributed by atoms with van der Waals surface area (Å²) in [7, 11) is -3.35. The van der Waals surface area contributed by atoms with Gasteiger partial charge in [-0.3, -0.25) is 4.90 Å². The number of primary sulfonamides is 1. The van der Waals surface area contributed by atoms with Gasteiger partial charge in [0.25, 0.3) is 0 Å². The molecule has 2 heterocycles. The lowest BCUT2D eigenvalue weighted by Crippen LogP contribution is -2.47. The smallest absolute Gasteiger partial charge is 0.243 e. The van der Waals surface area contributed by atoms with Crippen LogP contribution in [0, 0.1) is 0 Å². The van der Waals surface area contributed by atoms with Crippen molar-refractivity contribution in [3.05, 3.63) is 11.7 Å². The van der Waals surface area contributed by atoms with Crippen molar-refractivity contribution in [1.29, 1.82) is 0 Å². The minimum Gasteiger partial charge on any atom is -0.338 e. The molecule has 0 aliphatic carbocycles. The number of nitrogens with two attached hydrogens (primary N) is 1. The first-order chi connectivity index (χ1) is 10.8. The second-order valence-electron chi connectivity index (χ2n) is 6.42. The molecule has 0 saturated carbocycles. The zero-order valence-corrected chi connectivity index (χ0v) is 14.9. The minimum atomic E-state index is -3.35. The van der Waals surface area contributed by atoms with Gasteiger partial charge in [0.1, 0.15) is 0 Å². The van der Waals surface area contributed by atoms with Crippen molar-refractivity contribution in [2.75, 3.05) is 38.5 Å². The number of rotatable bonds is 7. The fourth-order valence-electron chi connectivity index (χ4n) is 2.67. The van der Waals surface area contributed by atoms with Crippen molar-refractivity contribution in [1.82, 2.24) is 19.9 Å². The van der Waals surface area contributed by atoms with Crippen molar-refractivity contribution in [3.63, 3.8) is 0 Å². The van der Waals surface area contributed by atoms with Gasteiger partial charge < -0.3 is 9.42 Å². The number of piperazine rings is 1. The second-order valence-corrected chi connectivity index (χ2v) is 8.15. The average Bonchev–Trinajstić information content (AvgIpc) is 2.96. The van der Waals surface area contributed by atoms with Gasteiger partial charge in [-0.25, -0.2) is 13.6 Å². The highest BCUT2D eigenvalue weighted by molar-refractivity contribution is 7.89. The van der Waals surface area contributed by atoms with Gasteiger partial charge in [0.2, 0.25) is 15.9 Å². The zero-order chi connectivity index (χ0) is 17.0. The van der Waals surface area contributed by atoms with Crippen LogP contribution in [0.1, 0.15) is 50.9 Å². The van der Waals surface area contributed by atoms with E-state index in [4.69, 9.17) is 9.66 Å². The SMILES string of the molecule is CC(C)c1noc([C@H](C)N2CCN(CCCS(N)(=O)=O)CC2)n1. The predicted octanol–water partition coefficient (Wildman–Crippen LogP) is 0.550. The first kappa shape index (κ1) is 18.3. The van der Waals surface area contributed by atoms with Crippen LogP contribution in [-0.4, -0.2) is 66.8 Å². The van der Waals surface area contributed by atoms with Gasteiger partial charge in [-0.05, 0) is 19.9 Å². The molecule has 0 aromatic carbocycles. The summed E-state index contributed by atoms with van der Waals surface area (Å²) in [4.78, 5) is 9.05. The zero-order valence-electron chi connectivity index (χ0n) is 14.1. The van der Waals surface area contributed by atoms with Gasteiger partial charge in [0, 0.05) is 32.1 Å². The van der Waals surface area contributed by atoms with Crippen molar-refractivity contribution in [3.8, 4) is 0 Å². The van der Waals surface area contributed by atoms with Crippen LogP contribution in [0.15, 0.2) is 4.52 Å². The van der Waals surface area contributed by atoms with E-state index in [2.05, 4.69) is 26.9 Å². The molecule has 0 bridgehead atoms. The maximum absolute atomic E-state index is 10.9. The Labute approximate surface area is 138 Å². The summed E-state index contributed by atoms with van der Waals surface area (Å²) in [5.74, 6) is 1.71. The molecule has 0 radical (unpaired) electrons. The van der Waals surface area contributed by atoms with Crippen molar-refractivity contribution in [2.45, 2.75) is 39.2 Å². The molecule has 2 N–H and O–H groups in total. The molecule has 9 heteroatoms. The Morgan fingerprint density at radius 3 is 2.39 bits per heavy atom. The van der Waals surface area contributed by atoms with Crippen LogP contribution in [0.2, 0.25) is 0 Å². The van der Waals surface area contributed by atoms with Crippen LogP contribution in [0.4, 0.5) is 0 Å². The first-order valence-electron chi connectivity index (χ1n) is 8.06. The predicted molar refractivity (Wildman–Crippen MR) is 87.4 cm³/mol. The third-order valence-corrected chi connectivity index (χ3v) is 5.05. The Balaban J connectivity index is 1.79. The van der Waals surface area contributed by atoms with Gasteiger partial charge in [-0.1, -0.05) is 19.0 Å². The van der Waals surface area contributed by atoms with Crippen LogP contribution < -0.4 is 5.14 Å². The van der Waals surface area contributed by atoms with E-state index in [1.165, 1.54) is 0 Å². The highest BCUT2D eigenvalue weighted by atomic mass is 32.2. The maximum atomic E-state index is 10.9. The highest BCUT2D eigenvalue weighted by Gasteiger charge is 2.26. The molecule has 0 amide bonds. The molecule has 2 rings (SSSR count). The average molecular weight is 345 g/mol. The van der Waals surface area contributed by atoms with Crippen LogP contribution in [0.25, 0.3) is 0 Å². The van der Waals surface area contributed by atoms with Crippen molar-refractivity contribution in [2.24, 2.45) is 5.14 Å². The number of sulfonamides is 1. The molecule has 1 aromatic heterocycles. The molecular formula is C14H27N5O3S. The summed E-state index contributed by atoms with van der Waals surface area (Å²) < 4.78 is 27.3. The largest absolute Gasteiger partial charge is 0.338 e. The van der Waals surface area contributed by atoms with E-state index in [0.717, 1.165) is 38.5 Å².